The number of nitrogens with zero attached hydrogens (tertiary/aromatic N) is 2. The summed E-state index contributed by atoms with van der Waals surface area (Å²) in [6.07, 6.45) is 3.38. The number of methoxy groups -OCH3 is 1. The first-order valence-corrected chi connectivity index (χ1v) is 13.4. The van der Waals surface area contributed by atoms with Crippen LogP contribution in [0.25, 0.3) is 16.8 Å². The van der Waals surface area contributed by atoms with Crippen LogP contribution in [-0.4, -0.2) is 41.3 Å². The Labute approximate surface area is 232 Å². The number of halogens is 1. The van der Waals surface area contributed by atoms with Crippen LogP contribution < -0.4 is 14.2 Å². The molecule has 0 bridgehead atoms. The first-order chi connectivity index (χ1) is 18.5. The number of imide groups is 1. The molecule has 192 valence electrons. The zero-order valence-corrected chi connectivity index (χ0v) is 22.8. The molecule has 2 heterocycles. The number of carbonyl (C=O) groups is 2. The van der Waals surface area contributed by atoms with Gasteiger partial charge in [0.2, 0.25) is 0 Å². The maximum Gasteiger partial charge on any atom is 0.293 e. The van der Waals surface area contributed by atoms with Crippen molar-refractivity contribution in [1.82, 2.24) is 9.88 Å². The maximum absolute atomic E-state index is 13.0. The molecule has 9 heteroatoms. The first-order valence-electron chi connectivity index (χ1n) is 11.8. The lowest BCUT2D eigenvalue weighted by atomic mass is 10.1. The fraction of sp³-hybridized carbons (Fsp3) is 0.138. The van der Waals surface area contributed by atoms with Crippen LogP contribution >= 0.6 is 27.7 Å². The average Bonchev–Trinajstić information content (AvgIpc) is 3.20. The fourth-order valence-electron chi connectivity index (χ4n) is 4.01. The molecule has 0 spiro atoms. The second-order valence-corrected chi connectivity index (χ2v) is 10.2. The minimum Gasteiger partial charge on any atom is -0.493 e. The lowest BCUT2D eigenvalue weighted by Gasteiger charge is -2.14. The van der Waals surface area contributed by atoms with E-state index in [0.717, 1.165) is 28.2 Å². The van der Waals surface area contributed by atoms with Crippen molar-refractivity contribution in [2.45, 2.75) is 6.61 Å². The molecular formula is C29H23BrN2O5S. The van der Waals surface area contributed by atoms with Crippen LogP contribution in [0.1, 0.15) is 11.3 Å². The topological polar surface area (TPSA) is 78.0 Å². The number of amides is 2. The SMILES string of the molecule is COc1cc(/C=C2\SC(=O)N(CCOc3cccc4ccccc34)C2=O)cc(Br)c1OCc1ccccn1. The maximum atomic E-state index is 13.0. The van der Waals surface area contributed by atoms with E-state index in [4.69, 9.17) is 14.2 Å². The van der Waals surface area contributed by atoms with Gasteiger partial charge in [-0.05, 0) is 75.0 Å². The lowest BCUT2D eigenvalue weighted by molar-refractivity contribution is -0.123. The van der Waals surface area contributed by atoms with Crippen LogP contribution in [-0.2, 0) is 11.4 Å². The smallest absolute Gasteiger partial charge is 0.293 e. The summed E-state index contributed by atoms with van der Waals surface area (Å²) >= 11 is 4.44. The number of hydrogen-bond acceptors (Lipinski definition) is 7. The Morgan fingerprint density at radius 1 is 0.974 bits per heavy atom. The minimum atomic E-state index is -0.355. The summed E-state index contributed by atoms with van der Waals surface area (Å²) in [5, 5.41) is 1.72. The molecule has 1 aliphatic rings. The van der Waals surface area contributed by atoms with Crippen molar-refractivity contribution < 1.29 is 23.8 Å². The number of rotatable bonds is 9. The highest BCUT2D eigenvalue weighted by Gasteiger charge is 2.35. The Morgan fingerprint density at radius 2 is 1.79 bits per heavy atom. The molecule has 0 N–H and O–H groups in total. The van der Waals surface area contributed by atoms with Crippen molar-refractivity contribution >= 4 is 55.7 Å². The highest BCUT2D eigenvalue weighted by atomic mass is 79.9. The van der Waals surface area contributed by atoms with Crippen LogP contribution in [0.2, 0.25) is 0 Å². The lowest BCUT2D eigenvalue weighted by Crippen LogP contribution is -2.32. The summed E-state index contributed by atoms with van der Waals surface area (Å²) in [4.78, 5) is 31.4. The largest absolute Gasteiger partial charge is 0.493 e. The second kappa shape index (κ2) is 11.7. The Morgan fingerprint density at radius 3 is 2.61 bits per heavy atom. The predicted molar refractivity (Wildman–Crippen MR) is 151 cm³/mol. The van der Waals surface area contributed by atoms with Gasteiger partial charge in [-0.2, -0.15) is 0 Å². The number of ether oxygens (including phenoxy) is 3. The van der Waals surface area contributed by atoms with E-state index in [-0.39, 0.29) is 30.9 Å². The normalized spacial score (nSPS) is 14.4. The third-order valence-corrected chi connectivity index (χ3v) is 7.33. The van der Waals surface area contributed by atoms with E-state index < -0.39 is 0 Å². The molecular weight excluding hydrogens is 568 g/mol. The molecule has 7 nitrogen and oxygen atoms in total. The van der Waals surface area contributed by atoms with Crippen LogP contribution in [0.4, 0.5) is 4.79 Å². The van der Waals surface area contributed by atoms with Crippen LogP contribution in [0.15, 0.2) is 88.4 Å². The van der Waals surface area contributed by atoms with Crippen molar-refractivity contribution in [1.29, 1.82) is 0 Å². The second-order valence-electron chi connectivity index (χ2n) is 8.30. The number of aromatic nitrogens is 1. The van der Waals surface area contributed by atoms with Crippen molar-refractivity contribution in [3.63, 3.8) is 0 Å². The zero-order valence-electron chi connectivity index (χ0n) is 20.4. The molecule has 2 amide bonds. The highest BCUT2D eigenvalue weighted by Crippen LogP contribution is 2.39. The Bertz CT molecular complexity index is 1520. The molecule has 3 aromatic carbocycles. The molecule has 1 saturated heterocycles. The number of benzene rings is 3. The highest BCUT2D eigenvalue weighted by molar-refractivity contribution is 9.10. The van der Waals surface area contributed by atoms with Gasteiger partial charge in [0, 0.05) is 11.6 Å². The van der Waals surface area contributed by atoms with E-state index >= 15 is 0 Å². The van der Waals surface area contributed by atoms with E-state index in [1.807, 2.05) is 66.7 Å². The molecule has 0 aliphatic carbocycles. The summed E-state index contributed by atoms with van der Waals surface area (Å²) in [5.74, 6) is 1.37. The number of thioether (sulfide) groups is 1. The first kappa shape index (κ1) is 25.8. The summed E-state index contributed by atoms with van der Waals surface area (Å²) in [6, 6.07) is 22.9. The van der Waals surface area contributed by atoms with Crippen LogP contribution in [0.3, 0.4) is 0 Å². The molecule has 5 rings (SSSR count). The number of carbonyl (C=O) groups excluding carboxylic acids is 2. The summed E-state index contributed by atoms with van der Waals surface area (Å²) in [6.45, 7) is 0.619. The molecule has 1 aromatic heterocycles. The molecule has 1 fully saturated rings. The van der Waals surface area contributed by atoms with Gasteiger partial charge in [-0.1, -0.05) is 42.5 Å². The average molecular weight is 591 g/mol. The molecule has 0 saturated carbocycles. The Hall–Kier alpha value is -3.82. The van der Waals surface area contributed by atoms with Crippen LogP contribution in [0.5, 0.6) is 17.2 Å². The molecule has 1 aliphatic heterocycles. The summed E-state index contributed by atoms with van der Waals surface area (Å²) < 4.78 is 18.0. The molecule has 0 radical (unpaired) electrons. The van der Waals surface area contributed by atoms with E-state index in [2.05, 4.69) is 20.9 Å². The van der Waals surface area contributed by atoms with E-state index in [9.17, 15) is 9.59 Å². The van der Waals surface area contributed by atoms with Gasteiger partial charge in [-0.25, -0.2) is 0 Å². The van der Waals surface area contributed by atoms with Crippen LogP contribution in [0, 0.1) is 0 Å². The van der Waals surface area contributed by atoms with Gasteiger partial charge in [0.05, 0.1) is 28.7 Å². The third kappa shape index (κ3) is 5.69. The van der Waals surface area contributed by atoms with Gasteiger partial charge in [-0.15, -0.1) is 0 Å². The molecule has 0 atom stereocenters. The third-order valence-electron chi connectivity index (χ3n) is 5.84. The standard InChI is InChI=1S/C29H23BrN2O5S/c1-35-25-16-19(15-23(30)27(25)37-18-21-9-4-5-12-31-21)17-26-28(33)32(29(34)38-26)13-14-36-24-11-6-8-20-7-2-3-10-22(20)24/h2-12,15-17H,13-14,18H2,1H3/b26-17-. The molecule has 0 unspecified atom stereocenters. The van der Waals surface area contributed by atoms with Crippen molar-refractivity contribution in [3.8, 4) is 17.2 Å². The number of pyridine rings is 1. The van der Waals surface area contributed by atoms with Gasteiger partial charge in [0.15, 0.2) is 11.5 Å². The van der Waals surface area contributed by atoms with Gasteiger partial charge >= 0.3 is 0 Å². The van der Waals surface area contributed by atoms with Gasteiger partial charge in [0.1, 0.15) is 19.0 Å². The van der Waals surface area contributed by atoms with Gasteiger partial charge in [0.25, 0.3) is 11.1 Å². The molecule has 38 heavy (non-hydrogen) atoms. The van der Waals surface area contributed by atoms with Gasteiger partial charge < -0.3 is 14.2 Å². The van der Waals surface area contributed by atoms with Crippen molar-refractivity contribution in [2.75, 3.05) is 20.3 Å². The molecule has 4 aromatic rings. The Balaban J connectivity index is 1.26. The summed E-state index contributed by atoms with van der Waals surface area (Å²) in [5.41, 5.74) is 1.47. The van der Waals surface area contributed by atoms with Gasteiger partial charge in [-0.3, -0.25) is 19.5 Å². The monoisotopic (exact) mass is 590 g/mol. The van der Waals surface area contributed by atoms with E-state index in [1.165, 1.54) is 4.90 Å². The number of hydrogen-bond donors (Lipinski definition) is 0. The van der Waals surface area contributed by atoms with Crippen molar-refractivity contribution in [3.05, 3.63) is 99.6 Å². The van der Waals surface area contributed by atoms with E-state index in [1.54, 1.807) is 25.4 Å². The minimum absolute atomic E-state index is 0.151. The fourth-order valence-corrected chi connectivity index (χ4v) is 5.44. The quantitative estimate of drug-likeness (QED) is 0.201. The Kier molecular flexibility index (Phi) is 7.95. The van der Waals surface area contributed by atoms with Crippen molar-refractivity contribution in [2.24, 2.45) is 0 Å². The predicted octanol–water partition coefficient (Wildman–Crippen LogP) is 6.70. The zero-order chi connectivity index (χ0) is 26.5. The summed E-state index contributed by atoms with van der Waals surface area (Å²) in [7, 11) is 1.54. The van der Waals surface area contributed by atoms with E-state index in [0.29, 0.717) is 32.2 Å². The number of fused-ring (bicyclic) bond motifs is 1.